The molecule has 1 atom stereocenters. The number of hydrogen-bond donors (Lipinski definition) is 2. The summed E-state index contributed by atoms with van der Waals surface area (Å²) >= 11 is 0. The average molecular weight is 390 g/mol. The molecule has 27 heavy (non-hydrogen) atoms. The van der Waals surface area contributed by atoms with Gasteiger partial charge in [-0.05, 0) is 48.9 Å². The van der Waals surface area contributed by atoms with E-state index in [-0.39, 0.29) is 16.4 Å². The van der Waals surface area contributed by atoms with Crippen LogP contribution in [-0.4, -0.2) is 27.4 Å². The SMILES string of the molecule is CCC(=O)Nc1ccc(C(C)NS(=O)(=O)c2ccc(C(=O)OC)cc2)cc1. The summed E-state index contributed by atoms with van der Waals surface area (Å²) in [7, 11) is -2.50. The van der Waals surface area contributed by atoms with E-state index in [0.29, 0.717) is 12.1 Å². The van der Waals surface area contributed by atoms with Crippen molar-refractivity contribution in [2.24, 2.45) is 0 Å². The summed E-state index contributed by atoms with van der Waals surface area (Å²) in [6.07, 6.45) is 0.382. The Morgan fingerprint density at radius 3 is 2.15 bits per heavy atom. The lowest BCUT2D eigenvalue weighted by Crippen LogP contribution is -2.27. The smallest absolute Gasteiger partial charge is 0.337 e. The van der Waals surface area contributed by atoms with Gasteiger partial charge in [-0.1, -0.05) is 19.1 Å². The Morgan fingerprint density at radius 1 is 1.04 bits per heavy atom. The minimum atomic E-state index is -3.76. The Bertz CT molecular complexity index is 906. The molecule has 2 N–H and O–H groups in total. The Hall–Kier alpha value is -2.71. The van der Waals surface area contributed by atoms with Gasteiger partial charge in [0.15, 0.2) is 0 Å². The van der Waals surface area contributed by atoms with E-state index in [1.54, 1.807) is 38.1 Å². The Morgan fingerprint density at radius 2 is 1.63 bits per heavy atom. The van der Waals surface area contributed by atoms with Crippen LogP contribution in [0.2, 0.25) is 0 Å². The first kappa shape index (κ1) is 20.6. The highest BCUT2D eigenvalue weighted by atomic mass is 32.2. The van der Waals surface area contributed by atoms with Crippen molar-refractivity contribution >= 4 is 27.6 Å². The maximum absolute atomic E-state index is 12.5. The van der Waals surface area contributed by atoms with Crippen LogP contribution in [0.5, 0.6) is 0 Å². The lowest BCUT2D eigenvalue weighted by molar-refractivity contribution is -0.115. The van der Waals surface area contributed by atoms with Gasteiger partial charge in [0, 0.05) is 18.2 Å². The van der Waals surface area contributed by atoms with Crippen LogP contribution in [0.3, 0.4) is 0 Å². The van der Waals surface area contributed by atoms with E-state index in [0.717, 1.165) is 5.56 Å². The summed E-state index contributed by atoms with van der Waals surface area (Å²) in [4.78, 5) is 22.9. The Labute approximate surface area is 158 Å². The van der Waals surface area contributed by atoms with Gasteiger partial charge in [0.2, 0.25) is 15.9 Å². The van der Waals surface area contributed by atoms with Crippen LogP contribution < -0.4 is 10.0 Å². The third-order valence-corrected chi connectivity index (χ3v) is 5.49. The van der Waals surface area contributed by atoms with E-state index in [9.17, 15) is 18.0 Å². The highest BCUT2D eigenvalue weighted by Gasteiger charge is 2.19. The number of amides is 1. The van der Waals surface area contributed by atoms with Crippen LogP contribution in [0.1, 0.15) is 42.2 Å². The second-order valence-electron chi connectivity index (χ2n) is 5.88. The van der Waals surface area contributed by atoms with E-state index in [1.807, 2.05) is 0 Å². The van der Waals surface area contributed by atoms with Crippen molar-refractivity contribution in [3.63, 3.8) is 0 Å². The molecule has 0 aromatic heterocycles. The molecule has 2 rings (SSSR count). The van der Waals surface area contributed by atoms with Gasteiger partial charge < -0.3 is 10.1 Å². The lowest BCUT2D eigenvalue weighted by atomic mass is 10.1. The van der Waals surface area contributed by atoms with E-state index in [2.05, 4.69) is 14.8 Å². The predicted molar refractivity (Wildman–Crippen MR) is 102 cm³/mol. The molecule has 1 unspecified atom stereocenters. The molecule has 0 fully saturated rings. The normalized spacial score (nSPS) is 12.3. The largest absolute Gasteiger partial charge is 0.465 e. The number of benzene rings is 2. The highest BCUT2D eigenvalue weighted by Crippen LogP contribution is 2.19. The van der Waals surface area contributed by atoms with Gasteiger partial charge in [-0.3, -0.25) is 4.79 Å². The lowest BCUT2D eigenvalue weighted by Gasteiger charge is -2.15. The van der Waals surface area contributed by atoms with E-state index in [1.165, 1.54) is 31.4 Å². The zero-order chi connectivity index (χ0) is 20.0. The zero-order valence-electron chi connectivity index (χ0n) is 15.4. The first-order valence-corrected chi connectivity index (χ1v) is 9.85. The van der Waals surface area contributed by atoms with Gasteiger partial charge in [0.1, 0.15) is 0 Å². The van der Waals surface area contributed by atoms with Crippen molar-refractivity contribution < 1.29 is 22.7 Å². The molecule has 0 heterocycles. The maximum Gasteiger partial charge on any atom is 0.337 e. The number of nitrogens with one attached hydrogen (secondary N) is 2. The fourth-order valence-corrected chi connectivity index (χ4v) is 3.59. The number of hydrogen-bond acceptors (Lipinski definition) is 5. The van der Waals surface area contributed by atoms with Crippen molar-refractivity contribution in [3.8, 4) is 0 Å². The molecule has 144 valence electrons. The van der Waals surface area contributed by atoms with Crippen LogP contribution >= 0.6 is 0 Å². The van der Waals surface area contributed by atoms with Gasteiger partial charge >= 0.3 is 5.97 Å². The summed E-state index contributed by atoms with van der Waals surface area (Å²) < 4.78 is 32.3. The molecule has 0 aliphatic rings. The molecule has 0 radical (unpaired) electrons. The maximum atomic E-state index is 12.5. The summed E-state index contributed by atoms with van der Waals surface area (Å²) in [5.41, 5.74) is 1.67. The van der Waals surface area contributed by atoms with E-state index >= 15 is 0 Å². The minimum Gasteiger partial charge on any atom is -0.465 e. The number of carbonyl (C=O) groups is 2. The highest BCUT2D eigenvalue weighted by molar-refractivity contribution is 7.89. The quantitative estimate of drug-likeness (QED) is 0.708. The second kappa shape index (κ2) is 8.79. The van der Waals surface area contributed by atoms with Gasteiger partial charge in [0.25, 0.3) is 0 Å². The molecule has 7 nitrogen and oxygen atoms in total. The van der Waals surface area contributed by atoms with Crippen LogP contribution in [0.25, 0.3) is 0 Å². The van der Waals surface area contributed by atoms with Crippen molar-refractivity contribution in [2.45, 2.75) is 31.2 Å². The molecule has 0 bridgehead atoms. The Balaban J connectivity index is 2.10. The molecule has 0 saturated carbocycles. The molecular formula is C19H22N2O5S. The fourth-order valence-electron chi connectivity index (χ4n) is 2.36. The topological polar surface area (TPSA) is 102 Å². The summed E-state index contributed by atoms with van der Waals surface area (Å²) in [6.45, 7) is 3.48. The Kier molecular flexibility index (Phi) is 6.70. The predicted octanol–water partition coefficient (Wildman–Crippen LogP) is 2.86. The number of anilines is 1. The third-order valence-electron chi connectivity index (χ3n) is 3.93. The average Bonchev–Trinajstić information content (AvgIpc) is 2.67. The first-order valence-electron chi connectivity index (χ1n) is 8.37. The van der Waals surface area contributed by atoms with E-state index in [4.69, 9.17) is 0 Å². The van der Waals surface area contributed by atoms with Gasteiger partial charge in [-0.15, -0.1) is 0 Å². The standard InChI is InChI=1S/C19H22N2O5S/c1-4-18(22)20-16-9-5-14(6-10-16)13(2)21-27(24,25)17-11-7-15(8-12-17)19(23)26-3/h5-13,21H,4H2,1-3H3,(H,20,22). The number of sulfonamides is 1. The van der Waals surface area contributed by atoms with Crippen molar-refractivity contribution in [2.75, 3.05) is 12.4 Å². The number of carbonyl (C=O) groups excluding carboxylic acids is 2. The summed E-state index contributed by atoms with van der Waals surface area (Å²) in [6, 6.07) is 12.0. The number of rotatable bonds is 7. The molecule has 8 heteroatoms. The van der Waals surface area contributed by atoms with Crippen molar-refractivity contribution in [1.29, 1.82) is 0 Å². The number of methoxy groups -OCH3 is 1. The number of esters is 1. The summed E-state index contributed by atoms with van der Waals surface area (Å²) in [5.74, 6) is -0.623. The molecule has 2 aromatic rings. The fraction of sp³-hybridized carbons (Fsp3) is 0.263. The minimum absolute atomic E-state index is 0.0498. The van der Waals surface area contributed by atoms with Gasteiger partial charge in [-0.2, -0.15) is 0 Å². The van der Waals surface area contributed by atoms with Gasteiger partial charge in [0.05, 0.1) is 17.6 Å². The van der Waals surface area contributed by atoms with Crippen LogP contribution in [-0.2, 0) is 19.6 Å². The van der Waals surface area contributed by atoms with Crippen LogP contribution in [0.15, 0.2) is 53.4 Å². The molecule has 1 amide bonds. The van der Waals surface area contributed by atoms with Crippen LogP contribution in [0, 0.1) is 0 Å². The van der Waals surface area contributed by atoms with Crippen LogP contribution in [0.4, 0.5) is 5.69 Å². The molecule has 0 spiro atoms. The third kappa shape index (κ3) is 5.38. The summed E-state index contributed by atoms with van der Waals surface area (Å²) in [5, 5.41) is 2.74. The number of ether oxygens (including phenoxy) is 1. The second-order valence-corrected chi connectivity index (χ2v) is 7.60. The van der Waals surface area contributed by atoms with Gasteiger partial charge in [-0.25, -0.2) is 17.9 Å². The molecular weight excluding hydrogens is 368 g/mol. The molecule has 2 aromatic carbocycles. The van der Waals surface area contributed by atoms with Crippen molar-refractivity contribution in [1.82, 2.24) is 4.72 Å². The zero-order valence-corrected chi connectivity index (χ0v) is 16.2. The monoisotopic (exact) mass is 390 g/mol. The molecule has 0 aliphatic heterocycles. The first-order chi connectivity index (χ1) is 12.8. The molecule has 0 saturated heterocycles. The van der Waals surface area contributed by atoms with E-state index < -0.39 is 22.0 Å². The van der Waals surface area contributed by atoms with Crippen molar-refractivity contribution in [3.05, 3.63) is 59.7 Å². The molecule has 0 aliphatic carbocycles.